The van der Waals surface area contributed by atoms with Gasteiger partial charge in [0.1, 0.15) is 6.61 Å². The third-order valence-electron chi connectivity index (χ3n) is 1.94. The van der Waals surface area contributed by atoms with Crippen LogP contribution in [0.1, 0.15) is 0 Å². The van der Waals surface area contributed by atoms with E-state index in [0.29, 0.717) is 0 Å². The molecule has 0 radical (unpaired) electrons. The van der Waals surface area contributed by atoms with E-state index in [0.717, 1.165) is 0 Å². The van der Waals surface area contributed by atoms with Crippen LogP contribution in [0, 0.1) is 0 Å². The van der Waals surface area contributed by atoms with Crippen molar-refractivity contribution in [1.82, 2.24) is 0 Å². The molecule has 1 fully saturated rings. The Morgan fingerprint density at radius 1 is 1.40 bits per heavy atom. The highest BCUT2D eigenvalue weighted by molar-refractivity contribution is 5.97. The number of ether oxygens (including phenoxy) is 1. The molecular weight excluding hydrogens is 212 g/mol. The fraction of sp³-hybridized carbons (Fsp3) is 0.429. The molecule has 8 heteroatoms. The van der Waals surface area contributed by atoms with Gasteiger partial charge in [0.2, 0.25) is 5.60 Å². The average molecular weight is 218 g/mol. The summed E-state index contributed by atoms with van der Waals surface area (Å²) in [7, 11) is 0. The third-order valence-corrected chi connectivity index (χ3v) is 1.94. The first-order valence-corrected chi connectivity index (χ1v) is 3.67. The SMILES string of the molecule is O=CC(C=O)(OC(=O)O)C1(C=O)COO1. The van der Waals surface area contributed by atoms with Crippen molar-refractivity contribution in [2.24, 2.45) is 0 Å². The summed E-state index contributed by atoms with van der Waals surface area (Å²) in [5.41, 5.74) is -4.56. The Kier molecular flexibility index (Phi) is 2.82. The van der Waals surface area contributed by atoms with Gasteiger partial charge >= 0.3 is 6.16 Å². The standard InChI is InChI=1S/C7H6O8/c8-1-6(2-9,14-5(11)12)7(3-10)4-13-15-7/h1-3H,4H2,(H,11,12). The first kappa shape index (κ1) is 11.3. The van der Waals surface area contributed by atoms with E-state index in [1.807, 2.05) is 0 Å². The summed E-state index contributed by atoms with van der Waals surface area (Å²) in [6, 6.07) is 0. The normalized spacial score (nSPS) is 24.8. The topological polar surface area (TPSA) is 116 Å². The van der Waals surface area contributed by atoms with Crippen LogP contribution < -0.4 is 0 Å². The van der Waals surface area contributed by atoms with Crippen LogP contribution in [-0.2, 0) is 28.9 Å². The minimum atomic E-state index is -2.53. The van der Waals surface area contributed by atoms with Crippen molar-refractivity contribution >= 4 is 25.0 Å². The highest BCUT2D eigenvalue weighted by atomic mass is 17.3. The molecule has 15 heavy (non-hydrogen) atoms. The Morgan fingerprint density at radius 3 is 2.13 bits per heavy atom. The Balaban J connectivity index is 3.08. The van der Waals surface area contributed by atoms with Gasteiger partial charge in [0.15, 0.2) is 18.9 Å². The van der Waals surface area contributed by atoms with E-state index in [1.165, 1.54) is 0 Å². The van der Waals surface area contributed by atoms with Gasteiger partial charge < -0.3 is 9.84 Å². The molecule has 8 nitrogen and oxygen atoms in total. The predicted octanol–water partition coefficient (Wildman–Crippen LogP) is -1.28. The van der Waals surface area contributed by atoms with Gasteiger partial charge in [-0.1, -0.05) is 0 Å². The summed E-state index contributed by atoms with van der Waals surface area (Å²) >= 11 is 0. The molecular formula is C7H6O8. The monoisotopic (exact) mass is 218 g/mol. The molecule has 82 valence electrons. The molecule has 1 saturated heterocycles. The van der Waals surface area contributed by atoms with Crippen molar-refractivity contribution in [2.75, 3.05) is 6.61 Å². The molecule has 1 N–H and O–H groups in total. The molecule has 0 bridgehead atoms. The second-order valence-electron chi connectivity index (χ2n) is 2.75. The maximum Gasteiger partial charge on any atom is 0.507 e. The second-order valence-corrected chi connectivity index (χ2v) is 2.75. The molecule has 0 amide bonds. The van der Waals surface area contributed by atoms with Gasteiger partial charge in [-0.05, 0) is 0 Å². The van der Waals surface area contributed by atoms with Crippen LogP contribution >= 0.6 is 0 Å². The minimum Gasteiger partial charge on any atom is -0.450 e. The minimum absolute atomic E-state index is 0.0856. The Bertz CT molecular complexity index is 296. The van der Waals surface area contributed by atoms with E-state index >= 15 is 0 Å². The van der Waals surface area contributed by atoms with E-state index in [1.54, 1.807) is 0 Å². The number of aldehydes is 3. The third kappa shape index (κ3) is 1.49. The van der Waals surface area contributed by atoms with Crippen molar-refractivity contribution in [1.29, 1.82) is 0 Å². The fourth-order valence-electron chi connectivity index (χ4n) is 1.02. The van der Waals surface area contributed by atoms with Crippen LogP contribution in [0.25, 0.3) is 0 Å². The first-order valence-electron chi connectivity index (χ1n) is 3.67. The van der Waals surface area contributed by atoms with Crippen LogP contribution in [0.15, 0.2) is 0 Å². The van der Waals surface area contributed by atoms with Crippen molar-refractivity contribution in [3.8, 4) is 0 Å². The molecule has 0 aliphatic carbocycles. The number of carbonyl (C=O) groups excluding carboxylic acids is 3. The van der Waals surface area contributed by atoms with Crippen molar-refractivity contribution < 1.29 is 38.8 Å². The lowest BCUT2D eigenvalue weighted by Crippen LogP contribution is -2.69. The molecule has 0 aromatic rings. The van der Waals surface area contributed by atoms with Crippen molar-refractivity contribution in [2.45, 2.75) is 11.2 Å². The van der Waals surface area contributed by atoms with E-state index < -0.39 is 24.0 Å². The van der Waals surface area contributed by atoms with Crippen LogP contribution in [0.5, 0.6) is 0 Å². The van der Waals surface area contributed by atoms with Gasteiger partial charge in [-0.2, -0.15) is 0 Å². The zero-order valence-electron chi connectivity index (χ0n) is 7.24. The summed E-state index contributed by atoms with van der Waals surface area (Å²) in [5, 5.41) is 8.34. The lowest BCUT2D eigenvalue weighted by atomic mass is 9.85. The average Bonchev–Trinajstić information content (AvgIpc) is 2.14. The highest BCUT2D eigenvalue weighted by Crippen LogP contribution is 2.32. The van der Waals surface area contributed by atoms with Gasteiger partial charge in [-0.3, -0.25) is 14.4 Å². The quantitative estimate of drug-likeness (QED) is 0.262. The van der Waals surface area contributed by atoms with Gasteiger partial charge in [-0.15, -0.1) is 0 Å². The summed E-state index contributed by atoms with van der Waals surface area (Å²) < 4.78 is 4.08. The summed E-state index contributed by atoms with van der Waals surface area (Å²) in [4.78, 5) is 50.8. The molecule has 1 aliphatic rings. The van der Waals surface area contributed by atoms with Gasteiger partial charge in [-0.25, -0.2) is 14.6 Å². The largest absolute Gasteiger partial charge is 0.507 e. The van der Waals surface area contributed by atoms with Crippen LogP contribution in [0.3, 0.4) is 0 Å². The van der Waals surface area contributed by atoms with Gasteiger partial charge in [0.25, 0.3) is 5.60 Å². The molecule has 0 aromatic heterocycles. The molecule has 1 atom stereocenters. The molecule has 1 unspecified atom stereocenters. The van der Waals surface area contributed by atoms with E-state index in [4.69, 9.17) is 5.11 Å². The fourth-order valence-corrected chi connectivity index (χ4v) is 1.02. The smallest absolute Gasteiger partial charge is 0.450 e. The van der Waals surface area contributed by atoms with Gasteiger partial charge in [0, 0.05) is 0 Å². The molecule has 1 heterocycles. The highest BCUT2D eigenvalue weighted by Gasteiger charge is 2.63. The molecule has 0 saturated carbocycles. The van der Waals surface area contributed by atoms with Crippen LogP contribution in [-0.4, -0.2) is 47.9 Å². The number of rotatable bonds is 5. The van der Waals surface area contributed by atoms with Crippen molar-refractivity contribution in [3.63, 3.8) is 0 Å². The zero-order valence-corrected chi connectivity index (χ0v) is 7.24. The first-order chi connectivity index (χ1) is 7.06. The van der Waals surface area contributed by atoms with E-state index in [9.17, 15) is 19.2 Å². The van der Waals surface area contributed by atoms with Crippen LogP contribution in [0.4, 0.5) is 4.79 Å². The number of hydrogen-bond acceptors (Lipinski definition) is 7. The molecule has 0 spiro atoms. The second kappa shape index (κ2) is 3.75. The Hall–Kier alpha value is -1.80. The zero-order chi connectivity index (χ0) is 11.5. The van der Waals surface area contributed by atoms with Crippen LogP contribution in [0.2, 0.25) is 0 Å². The molecule has 1 aliphatic heterocycles. The maximum absolute atomic E-state index is 10.7. The maximum atomic E-state index is 10.7. The number of hydrogen-bond donors (Lipinski definition) is 1. The summed E-state index contributed by atoms with van der Waals surface area (Å²) in [5.74, 6) is 0. The molecule has 1 rings (SSSR count). The van der Waals surface area contributed by atoms with Gasteiger partial charge in [0.05, 0.1) is 0 Å². The lowest BCUT2D eigenvalue weighted by molar-refractivity contribution is -0.468. The lowest BCUT2D eigenvalue weighted by Gasteiger charge is -2.41. The number of carboxylic acid groups (broad SMARTS) is 1. The predicted molar refractivity (Wildman–Crippen MR) is 39.8 cm³/mol. The van der Waals surface area contributed by atoms with E-state index in [2.05, 4.69) is 14.5 Å². The summed E-state index contributed by atoms with van der Waals surface area (Å²) in [6.07, 6.45) is -2.04. The summed E-state index contributed by atoms with van der Waals surface area (Å²) in [6.45, 7) is -0.443. The van der Waals surface area contributed by atoms with E-state index in [-0.39, 0.29) is 18.9 Å². The molecule has 0 aromatic carbocycles. The number of carbonyl (C=O) groups is 4. The Labute approximate surface area is 82.6 Å². The van der Waals surface area contributed by atoms with Crippen molar-refractivity contribution in [3.05, 3.63) is 0 Å². The Morgan fingerprint density at radius 2 is 1.93 bits per heavy atom.